The lowest BCUT2D eigenvalue weighted by molar-refractivity contribution is -0.161. The molecule has 0 bridgehead atoms. The summed E-state index contributed by atoms with van der Waals surface area (Å²) in [5.74, 6) is 3.51. The number of carbonyl (C=O) groups excluding carboxylic acids is 1. The van der Waals surface area contributed by atoms with Crippen LogP contribution in [0.15, 0.2) is 0 Å². The molecule has 3 aliphatic carbocycles. The molecule has 24 heavy (non-hydrogen) atoms. The summed E-state index contributed by atoms with van der Waals surface area (Å²) in [6.07, 6.45) is 8.79. The molecule has 1 aliphatic heterocycles. The lowest BCUT2D eigenvalue weighted by Crippen LogP contribution is -2.61. The van der Waals surface area contributed by atoms with Gasteiger partial charge in [-0.2, -0.15) is 0 Å². The summed E-state index contributed by atoms with van der Waals surface area (Å²) in [5, 5.41) is 0. The van der Waals surface area contributed by atoms with E-state index in [1.807, 2.05) is 7.11 Å². The van der Waals surface area contributed by atoms with E-state index in [1.165, 1.54) is 32.1 Å². The van der Waals surface area contributed by atoms with Gasteiger partial charge in [0.2, 0.25) is 5.91 Å². The molecule has 0 aromatic rings. The van der Waals surface area contributed by atoms with Crippen LogP contribution < -0.4 is 0 Å². The van der Waals surface area contributed by atoms with Crippen LogP contribution in [0.3, 0.4) is 0 Å². The minimum Gasteiger partial charge on any atom is -0.381 e. The van der Waals surface area contributed by atoms with Crippen LogP contribution in [-0.4, -0.2) is 37.1 Å². The zero-order valence-corrected chi connectivity index (χ0v) is 16.2. The first-order valence-electron chi connectivity index (χ1n) is 10.1. The molecule has 3 unspecified atom stereocenters. The fourth-order valence-electron chi connectivity index (χ4n) is 7.97. The van der Waals surface area contributed by atoms with Crippen molar-refractivity contribution >= 4 is 5.91 Å². The molecular formula is C21H35NO2. The molecule has 3 saturated carbocycles. The van der Waals surface area contributed by atoms with Crippen LogP contribution in [0.5, 0.6) is 0 Å². The quantitative estimate of drug-likeness (QED) is 0.723. The van der Waals surface area contributed by atoms with E-state index in [1.54, 1.807) is 0 Å². The number of rotatable bonds is 1. The van der Waals surface area contributed by atoms with Gasteiger partial charge in [0.05, 0.1) is 6.10 Å². The highest BCUT2D eigenvalue weighted by molar-refractivity contribution is 5.77. The van der Waals surface area contributed by atoms with E-state index in [4.69, 9.17) is 4.74 Å². The van der Waals surface area contributed by atoms with Crippen LogP contribution in [0.25, 0.3) is 0 Å². The van der Waals surface area contributed by atoms with Gasteiger partial charge in [0.15, 0.2) is 0 Å². The molecule has 1 amide bonds. The Morgan fingerprint density at radius 2 is 1.83 bits per heavy atom. The molecule has 4 rings (SSSR count). The predicted molar refractivity (Wildman–Crippen MR) is 95.5 cm³/mol. The number of methoxy groups -OCH3 is 1. The van der Waals surface area contributed by atoms with Crippen LogP contribution in [0.4, 0.5) is 0 Å². The molecule has 4 fully saturated rings. The van der Waals surface area contributed by atoms with Gasteiger partial charge in [0.25, 0.3) is 0 Å². The maximum Gasteiger partial charge on any atom is 0.222 e. The number of hydrogen-bond donors (Lipinski definition) is 0. The van der Waals surface area contributed by atoms with Gasteiger partial charge in [0.1, 0.15) is 0 Å². The van der Waals surface area contributed by atoms with E-state index in [0.717, 1.165) is 30.6 Å². The summed E-state index contributed by atoms with van der Waals surface area (Å²) >= 11 is 0. The van der Waals surface area contributed by atoms with Gasteiger partial charge in [-0.1, -0.05) is 20.8 Å². The fourth-order valence-corrected chi connectivity index (χ4v) is 7.97. The molecule has 8 atom stereocenters. The molecule has 0 aromatic carbocycles. The normalized spacial score (nSPS) is 54.2. The Kier molecular flexibility index (Phi) is 3.84. The number of amides is 1. The summed E-state index contributed by atoms with van der Waals surface area (Å²) < 4.78 is 5.99. The van der Waals surface area contributed by atoms with Gasteiger partial charge in [-0.05, 0) is 73.0 Å². The van der Waals surface area contributed by atoms with E-state index in [0.29, 0.717) is 34.8 Å². The number of piperidine rings is 1. The van der Waals surface area contributed by atoms with Gasteiger partial charge in [-0.3, -0.25) is 4.79 Å². The molecule has 1 heterocycles. The standard InChI is InChI=1S/C21H35NO2/c1-13-12-16-14-6-7-17-20(2,11-9-18(23)22(17)4)15(14)8-10-21(16,3)19(13)24-5/h13-17,19H,6-12H2,1-5H3/t13?,14-,15-,16+,17?,19?,20-,21+/m1/s1. The molecule has 4 aliphatic rings. The second kappa shape index (κ2) is 5.46. The average Bonchev–Trinajstić information content (AvgIpc) is 2.81. The molecule has 3 heteroatoms. The van der Waals surface area contributed by atoms with Gasteiger partial charge < -0.3 is 9.64 Å². The first-order chi connectivity index (χ1) is 11.3. The van der Waals surface area contributed by atoms with E-state index in [2.05, 4.69) is 32.7 Å². The summed E-state index contributed by atoms with van der Waals surface area (Å²) in [5.41, 5.74) is 0.705. The Morgan fingerprint density at radius 1 is 1.08 bits per heavy atom. The zero-order chi connectivity index (χ0) is 17.3. The smallest absolute Gasteiger partial charge is 0.222 e. The Morgan fingerprint density at radius 3 is 2.54 bits per heavy atom. The SMILES string of the molecule is COC1C(C)C[C@H]2[C@@H]3CCC4N(C)C(=O)CC[C@]4(C)[C@@H]3CC[C@]12C. The monoisotopic (exact) mass is 333 g/mol. The van der Waals surface area contributed by atoms with Crippen LogP contribution in [0.2, 0.25) is 0 Å². The molecule has 0 radical (unpaired) electrons. The van der Waals surface area contributed by atoms with Crippen molar-refractivity contribution < 1.29 is 9.53 Å². The van der Waals surface area contributed by atoms with Crippen LogP contribution in [0.1, 0.15) is 65.7 Å². The number of ether oxygens (including phenoxy) is 1. The molecule has 136 valence electrons. The molecule has 0 aromatic heterocycles. The Labute approximate surface area is 147 Å². The highest BCUT2D eigenvalue weighted by Crippen LogP contribution is 2.65. The van der Waals surface area contributed by atoms with E-state index < -0.39 is 0 Å². The number of hydrogen-bond acceptors (Lipinski definition) is 2. The Hall–Kier alpha value is -0.570. The van der Waals surface area contributed by atoms with E-state index in [-0.39, 0.29) is 0 Å². The largest absolute Gasteiger partial charge is 0.381 e. The number of likely N-dealkylation sites (tertiary alicyclic amines) is 1. The second-order valence-corrected chi connectivity index (χ2v) is 9.89. The van der Waals surface area contributed by atoms with E-state index >= 15 is 0 Å². The number of fused-ring (bicyclic) bond motifs is 5. The maximum absolute atomic E-state index is 12.2. The molecule has 0 N–H and O–H groups in total. The predicted octanol–water partition coefficient (Wildman–Crippen LogP) is 4.11. The third-order valence-electron chi connectivity index (χ3n) is 9.04. The van der Waals surface area contributed by atoms with Gasteiger partial charge >= 0.3 is 0 Å². The maximum atomic E-state index is 12.2. The fraction of sp³-hybridized carbons (Fsp3) is 0.952. The van der Waals surface area contributed by atoms with Crippen molar-refractivity contribution in [3.05, 3.63) is 0 Å². The number of carbonyl (C=O) groups is 1. The first-order valence-corrected chi connectivity index (χ1v) is 10.1. The summed E-state index contributed by atoms with van der Waals surface area (Å²) in [7, 11) is 3.97. The summed E-state index contributed by atoms with van der Waals surface area (Å²) in [6.45, 7) is 7.41. The van der Waals surface area contributed by atoms with Crippen molar-refractivity contribution in [1.29, 1.82) is 0 Å². The Balaban J connectivity index is 1.65. The van der Waals surface area contributed by atoms with Crippen LogP contribution in [-0.2, 0) is 9.53 Å². The van der Waals surface area contributed by atoms with Gasteiger partial charge in [0, 0.05) is 26.6 Å². The molecular weight excluding hydrogens is 298 g/mol. The molecule has 3 nitrogen and oxygen atoms in total. The lowest BCUT2D eigenvalue weighted by Gasteiger charge is -2.61. The van der Waals surface area contributed by atoms with Crippen molar-refractivity contribution in [2.75, 3.05) is 14.2 Å². The second-order valence-electron chi connectivity index (χ2n) is 9.89. The van der Waals surface area contributed by atoms with Crippen molar-refractivity contribution in [3.8, 4) is 0 Å². The molecule has 0 spiro atoms. The third kappa shape index (κ3) is 2.03. The molecule has 1 saturated heterocycles. The van der Waals surface area contributed by atoms with Gasteiger partial charge in [-0.25, -0.2) is 0 Å². The highest BCUT2D eigenvalue weighted by atomic mass is 16.5. The minimum atomic E-state index is 0.335. The number of nitrogens with zero attached hydrogens (tertiary/aromatic N) is 1. The van der Waals surface area contributed by atoms with E-state index in [9.17, 15) is 4.79 Å². The van der Waals surface area contributed by atoms with Crippen LogP contribution >= 0.6 is 0 Å². The van der Waals surface area contributed by atoms with Crippen molar-refractivity contribution in [2.24, 2.45) is 34.5 Å². The third-order valence-corrected chi connectivity index (χ3v) is 9.04. The van der Waals surface area contributed by atoms with Crippen LogP contribution in [0, 0.1) is 34.5 Å². The van der Waals surface area contributed by atoms with Gasteiger partial charge in [-0.15, -0.1) is 0 Å². The first kappa shape index (κ1) is 16.9. The summed E-state index contributed by atoms with van der Waals surface area (Å²) in [4.78, 5) is 14.3. The lowest BCUT2D eigenvalue weighted by atomic mass is 9.47. The van der Waals surface area contributed by atoms with Crippen molar-refractivity contribution in [2.45, 2.75) is 77.9 Å². The summed E-state index contributed by atoms with van der Waals surface area (Å²) in [6, 6.07) is 0.474. The van der Waals surface area contributed by atoms with Crippen molar-refractivity contribution in [3.63, 3.8) is 0 Å². The zero-order valence-electron chi connectivity index (χ0n) is 16.2. The van der Waals surface area contributed by atoms with Crippen molar-refractivity contribution in [1.82, 2.24) is 4.90 Å². The minimum absolute atomic E-state index is 0.335. The highest BCUT2D eigenvalue weighted by Gasteiger charge is 2.62. The Bertz CT molecular complexity index is 534. The average molecular weight is 334 g/mol. The topological polar surface area (TPSA) is 29.5 Å².